The molecule has 2 unspecified atom stereocenters. The van der Waals surface area contributed by atoms with Gasteiger partial charge in [-0.15, -0.1) is 0 Å². The van der Waals surface area contributed by atoms with Crippen LogP contribution in [-0.4, -0.2) is 12.1 Å². The van der Waals surface area contributed by atoms with E-state index in [0.29, 0.717) is 6.42 Å². The van der Waals surface area contributed by atoms with Crippen LogP contribution in [0.2, 0.25) is 0 Å². The van der Waals surface area contributed by atoms with Crippen LogP contribution in [0.3, 0.4) is 0 Å². The number of hydrogen-bond donors (Lipinski definition) is 0. The first-order valence-corrected chi connectivity index (χ1v) is 4.69. The van der Waals surface area contributed by atoms with Gasteiger partial charge in [0.1, 0.15) is 0 Å². The van der Waals surface area contributed by atoms with Gasteiger partial charge in [-0.25, -0.2) is 8.78 Å². The normalized spacial score (nSPS) is 33.0. The average molecular weight is 216 g/mol. The summed E-state index contributed by atoms with van der Waals surface area (Å²) in [7, 11) is 0. The van der Waals surface area contributed by atoms with Crippen LogP contribution < -0.4 is 0 Å². The zero-order valence-electron chi connectivity index (χ0n) is 7.87. The van der Waals surface area contributed by atoms with Crippen LogP contribution in [0.1, 0.15) is 32.6 Å². The molecule has 84 valence electrons. The molecule has 1 rings (SSSR count). The van der Waals surface area contributed by atoms with E-state index in [1.54, 1.807) is 6.92 Å². The van der Waals surface area contributed by atoms with Crippen molar-refractivity contribution in [2.24, 2.45) is 11.8 Å². The molecule has 0 heterocycles. The van der Waals surface area contributed by atoms with Crippen molar-refractivity contribution in [2.75, 3.05) is 0 Å². The molecule has 1 aliphatic carbocycles. The first kappa shape index (κ1) is 11.7. The van der Waals surface area contributed by atoms with Gasteiger partial charge in [-0.2, -0.15) is 13.2 Å². The monoisotopic (exact) mass is 216 g/mol. The quantitative estimate of drug-likeness (QED) is 0.581. The standard InChI is InChI=1S/C9H13F5/c1-2-6-3-7(9(12,13)14)5-8(10,11)4-6/h6-7H,2-5H2,1H3. The van der Waals surface area contributed by atoms with Gasteiger partial charge in [0.2, 0.25) is 5.92 Å². The van der Waals surface area contributed by atoms with Crippen molar-refractivity contribution in [1.82, 2.24) is 0 Å². The van der Waals surface area contributed by atoms with Gasteiger partial charge >= 0.3 is 6.18 Å². The van der Waals surface area contributed by atoms with Crippen molar-refractivity contribution in [1.29, 1.82) is 0 Å². The van der Waals surface area contributed by atoms with Gasteiger partial charge in [0.05, 0.1) is 5.92 Å². The molecule has 0 aromatic carbocycles. The van der Waals surface area contributed by atoms with Crippen molar-refractivity contribution in [3.05, 3.63) is 0 Å². The molecule has 5 heteroatoms. The highest BCUT2D eigenvalue weighted by molar-refractivity contribution is 4.86. The second-order valence-corrected chi connectivity index (χ2v) is 4.01. The molecule has 0 nitrogen and oxygen atoms in total. The largest absolute Gasteiger partial charge is 0.392 e. The Bertz CT molecular complexity index is 196. The summed E-state index contributed by atoms with van der Waals surface area (Å²) >= 11 is 0. The van der Waals surface area contributed by atoms with E-state index in [2.05, 4.69) is 0 Å². The Hall–Kier alpha value is -0.350. The third-order valence-electron chi connectivity index (χ3n) is 2.79. The topological polar surface area (TPSA) is 0 Å². The van der Waals surface area contributed by atoms with Crippen LogP contribution in [0.5, 0.6) is 0 Å². The molecule has 0 bridgehead atoms. The Balaban J connectivity index is 2.71. The summed E-state index contributed by atoms with van der Waals surface area (Å²) in [5.41, 5.74) is 0. The lowest BCUT2D eigenvalue weighted by Crippen LogP contribution is -2.38. The van der Waals surface area contributed by atoms with Crippen molar-refractivity contribution < 1.29 is 22.0 Å². The fourth-order valence-corrected chi connectivity index (χ4v) is 2.00. The summed E-state index contributed by atoms with van der Waals surface area (Å²) in [4.78, 5) is 0. The summed E-state index contributed by atoms with van der Waals surface area (Å²) in [5, 5.41) is 0. The fraction of sp³-hybridized carbons (Fsp3) is 1.00. The van der Waals surface area contributed by atoms with Crippen molar-refractivity contribution in [2.45, 2.75) is 44.7 Å². The second kappa shape index (κ2) is 3.66. The highest BCUT2D eigenvalue weighted by Crippen LogP contribution is 2.47. The smallest absolute Gasteiger partial charge is 0.207 e. The average Bonchev–Trinajstić information content (AvgIpc) is 1.99. The van der Waals surface area contributed by atoms with E-state index in [1.807, 2.05) is 0 Å². The highest BCUT2D eigenvalue weighted by atomic mass is 19.4. The van der Waals surface area contributed by atoms with Crippen LogP contribution in [0.4, 0.5) is 22.0 Å². The molecule has 0 aromatic heterocycles. The Kier molecular flexibility index (Phi) is 3.07. The van der Waals surface area contributed by atoms with Gasteiger partial charge in [0.25, 0.3) is 0 Å². The molecule has 0 amide bonds. The van der Waals surface area contributed by atoms with E-state index < -0.39 is 36.8 Å². The summed E-state index contributed by atoms with van der Waals surface area (Å²) < 4.78 is 62.6. The van der Waals surface area contributed by atoms with Gasteiger partial charge in [-0.3, -0.25) is 0 Å². The zero-order valence-corrected chi connectivity index (χ0v) is 7.87. The van der Waals surface area contributed by atoms with E-state index >= 15 is 0 Å². The number of halogens is 5. The minimum atomic E-state index is -4.47. The summed E-state index contributed by atoms with van der Waals surface area (Å²) in [6, 6.07) is 0. The number of rotatable bonds is 1. The van der Waals surface area contributed by atoms with E-state index in [-0.39, 0.29) is 6.42 Å². The molecule has 0 aromatic rings. The SMILES string of the molecule is CCC1CC(C(F)(F)F)CC(F)(F)C1. The fourth-order valence-electron chi connectivity index (χ4n) is 2.00. The lowest BCUT2D eigenvalue weighted by molar-refractivity contribution is -0.214. The third-order valence-corrected chi connectivity index (χ3v) is 2.79. The molecular formula is C9H13F5. The van der Waals surface area contributed by atoms with E-state index in [1.165, 1.54) is 0 Å². The Labute approximate surface area is 79.5 Å². The Morgan fingerprint density at radius 3 is 2.21 bits per heavy atom. The molecule has 0 spiro atoms. The molecule has 14 heavy (non-hydrogen) atoms. The predicted molar refractivity (Wildman–Crippen MR) is 42.1 cm³/mol. The molecule has 0 saturated heterocycles. The third kappa shape index (κ3) is 2.82. The van der Waals surface area contributed by atoms with Crippen LogP contribution in [0, 0.1) is 11.8 Å². The molecule has 2 atom stereocenters. The Morgan fingerprint density at radius 2 is 1.79 bits per heavy atom. The molecular weight excluding hydrogens is 203 g/mol. The molecule has 1 saturated carbocycles. The Morgan fingerprint density at radius 1 is 1.21 bits per heavy atom. The van der Waals surface area contributed by atoms with E-state index in [4.69, 9.17) is 0 Å². The molecule has 1 aliphatic rings. The van der Waals surface area contributed by atoms with Crippen molar-refractivity contribution in [3.63, 3.8) is 0 Å². The highest BCUT2D eigenvalue weighted by Gasteiger charge is 2.50. The zero-order chi connectivity index (χ0) is 11.0. The van der Waals surface area contributed by atoms with Gasteiger partial charge in [-0.05, 0) is 12.3 Å². The molecule has 1 fully saturated rings. The molecule has 0 radical (unpaired) electrons. The lowest BCUT2D eigenvalue weighted by Gasteiger charge is -2.35. The van der Waals surface area contributed by atoms with Gasteiger partial charge in [0, 0.05) is 12.8 Å². The number of hydrogen-bond acceptors (Lipinski definition) is 0. The van der Waals surface area contributed by atoms with E-state index in [9.17, 15) is 22.0 Å². The second-order valence-electron chi connectivity index (χ2n) is 4.01. The van der Waals surface area contributed by atoms with Gasteiger partial charge < -0.3 is 0 Å². The minimum absolute atomic E-state index is 0.143. The minimum Gasteiger partial charge on any atom is -0.207 e. The van der Waals surface area contributed by atoms with Gasteiger partial charge in [-0.1, -0.05) is 13.3 Å². The maximum Gasteiger partial charge on any atom is 0.392 e. The molecule has 0 N–H and O–H groups in total. The number of alkyl halides is 5. The van der Waals surface area contributed by atoms with Crippen LogP contribution >= 0.6 is 0 Å². The van der Waals surface area contributed by atoms with Crippen LogP contribution in [0.25, 0.3) is 0 Å². The first-order valence-electron chi connectivity index (χ1n) is 4.69. The maximum absolute atomic E-state index is 12.9. The maximum atomic E-state index is 12.9. The van der Waals surface area contributed by atoms with Crippen molar-refractivity contribution in [3.8, 4) is 0 Å². The summed E-state index contributed by atoms with van der Waals surface area (Å²) in [6.07, 6.45) is -5.65. The summed E-state index contributed by atoms with van der Waals surface area (Å²) in [5.74, 6) is -5.46. The van der Waals surface area contributed by atoms with Crippen molar-refractivity contribution >= 4 is 0 Å². The first-order chi connectivity index (χ1) is 6.24. The van der Waals surface area contributed by atoms with E-state index in [0.717, 1.165) is 0 Å². The summed E-state index contributed by atoms with van der Waals surface area (Å²) in [6.45, 7) is 1.65. The molecule has 0 aliphatic heterocycles. The van der Waals surface area contributed by atoms with Crippen LogP contribution in [0.15, 0.2) is 0 Å². The van der Waals surface area contributed by atoms with Crippen LogP contribution in [-0.2, 0) is 0 Å². The lowest BCUT2D eigenvalue weighted by atomic mass is 9.78. The predicted octanol–water partition coefficient (Wildman–Crippen LogP) is 4.01. The van der Waals surface area contributed by atoms with Gasteiger partial charge in [0.15, 0.2) is 0 Å².